The number of quaternary nitrogens is 1. The first kappa shape index (κ1) is 35.6. The molecule has 0 bridgehead atoms. The van der Waals surface area contributed by atoms with Gasteiger partial charge in [0.15, 0.2) is 0 Å². The van der Waals surface area contributed by atoms with E-state index in [1.165, 1.54) is 30.4 Å². The van der Waals surface area contributed by atoms with Gasteiger partial charge in [0.25, 0.3) is 0 Å². The van der Waals surface area contributed by atoms with Crippen LogP contribution in [0.2, 0.25) is 0 Å². The number of likely N-dealkylation sites (N-methyl/N-ethyl adjacent to an activating group) is 1. The van der Waals surface area contributed by atoms with E-state index in [9.17, 15) is 15.0 Å². The molecule has 258 valence electrons. The van der Waals surface area contributed by atoms with Crippen molar-refractivity contribution in [3.63, 3.8) is 0 Å². The average molecular weight is 636 g/mol. The van der Waals surface area contributed by atoms with Crippen molar-refractivity contribution in [1.29, 1.82) is 0 Å². The summed E-state index contributed by atoms with van der Waals surface area (Å²) in [6.45, 7) is 20.8. The van der Waals surface area contributed by atoms with Crippen LogP contribution in [0, 0.1) is 56.7 Å². The van der Waals surface area contributed by atoms with E-state index in [1.54, 1.807) is 0 Å². The predicted molar refractivity (Wildman–Crippen MR) is 184 cm³/mol. The molecule has 5 aliphatic rings. The fraction of sp³-hybridized carbons (Fsp3) is 0.780. The molecule has 2 N–H and O–H groups in total. The van der Waals surface area contributed by atoms with Gasteiger partial charge < -0.3 is 24.6 Å². The minimum atomic E-state index is -0.788. The number of carbonyl (C=O) groups excluding carboxylic acids is 1. The third kappa shape index (κ3) is 5.53. The van der Waals surface area contributed by atoms with E-state index in [2.05, 4.69) is 74.3 Å². The number of aliphatic hydroxyl groups excluding tert-OH is 2. The number of hydrogen-bond donors (Lipinski definition) is 2. The molecule has 10 atom stereocenters. The average Bonchev–Trinajstić information content (AvgIpc) is 3.38. The fourth-order valence-electron chi connectivity index (χ4n) is 12.9. The molecule has 5 fully saturated rings. The Hall–Kier alpha value is -1.69. The molecule has 0 heterocycles. The molecule has 1 aromatic carbocycles. The fourth-order valence-corrected chi connectivity index (χ4v) is 12.9. The lowest BCUT2D eigenvalue weighted by Crippen LogP contribution is -2.67. The maximum absolute atomic E-state index is 12.6. The second kappa shape index (κ2) is 12.3. The third-order valence-corrected chi connectivity index (χ3v) is 15.6. The molecule has 0 spiro atoms. The number of benzene rings is 1. The first-order chi connectivity index (χ1) is 21.4. The van der Waals surface area contributed by atoms with Gasteiger partial charge in [0.1, 0.15) is 13.1 Å². The lowest BCUT2D eigenvalue weighted by molar-refractivity contribution is -0.903. The van der Waals surface area contributed by atoms with Gasteiger partial charge >= 0.3 is 0 Å². The van der Waals surface area contributed by atoms with Crippen LogP contribution in [0.3, 0.4) is 0 Å². The smallest absolute Gasteiger partial charge is 0.104 e. The van der Waals surface area contributed by atoms with Crippen molar-refractivity contribution in [2.24, 2.45) is 56.7 Å². The van der Waals surface area contributed by atoms with Gasteiger partial charge in [-0.3, -0.25) is 0 Å². The molecule has 0 amide bonds. The number of allylic oxidation sites excluding steroid dienone is 1. The first-order valence-electron chi connectivity index (χ1n) is 18.4. The Balaban J connectivity index is 0.000000270. The molecule has 0 aliphatic heterocycles. The highest BCUT2D eigenvalue weighted by molar-refractivity contribution is 5.74. The van der Waals surface area contributed by atoms with Gasteiger partial charge in [0, 0.05) is 16.9 Å². The molecule has 0 saturated heterocycles. The molecular weight excluding hydrogens is 570 g/mol. The lowest BCUT2D eigenvalue weighted by Gasteiger charge is -2.73. The third-order valence-electron chi connectivity index (χ3n) is 15.6. The van der Waals surface area contributed by atoms with Crippen molar-refractivity contribution < 1.29 is 24.6 Å². The van der Waals surface area contributed by atoms with Gasteiger partial charge in [-0.1, -0.05) is 77.1 Å². The standard InChI is InChI=1S/C30H48O3.C11H18NO/c1-18(2)19-10-15-30(25(32)33)17-16-28(6)20(24(19)30)8-9-22-27(5)13-12-23(31)26(3,4)21(27)11-14-29(22,28)7;1-12(2,8-9-13)10-11-6-4-3-5-7-11/h19-24,31H,1,8-17H2,2-7H3,(H,32,33);3-7,13H,8-10H2,1-2H3/q;+1/p-1/t19-,20+,21-,22+,23-,24+,27-,28+,29+,30-;/m0./s1. The Morgan fingerprint density at radius 2 is 1.57 bits per heavy atom. The van der Waals surface area contributed by atoms with Crippen LogP contribution in [0.25, 0.3) is 0 Å². The van der Waals surface area contributed by atoms with E-state index in [0.29, 0.717) is 23.7 Å². The SMILES string of the molecule is C=C(C)[C@@H]1CC[C@]2(C(=O)[O-])CC[C@]3(C)[C@H](CC[C@@H]4[C@@]5(C)CC[C@H](O)C(C)(C)[C@@H]5CC[C@]43C)[C@@H]12.C[N+](C)(CCO)Cc1ccccc1. The highest BCUT2D eigenvalue weighted by atomic mass is 16.4. The summed E-state index contributed by atoms with van der Waals surface area (Å²) in [4.78, 5) is 12.6. The monoisotopic (exact) mass is 635 g/mol. The Morgan fingerprint density at radius 1 is 0.891 bits per heavy atom. The van der Waals surface area contributed by atoms with E-state index in [4.69, 9.17) is 5.11 Å². The summed E-state index contributed by atoms with van der Waals surface area (Å²) in [6.07, 6.45) is 10.1. The zero-order valence-electron chi connectivity index (χ0n) is 30.4. The Labute approximate surface area is 280 Å². The van der Waals surface area contributed by atoms with E-state index in [1.807, 2.05) is 18.2 Å². The number of carbonyl (C=O) groups is 1. The maximum atomic E-state index is 12.6. The molecule has 5 saturated carbocycles. The molecular formula is C41H65NO4. The van der Waals surface area contributed by atoms with Crippen LogP contribution in [0.5, 0.6) is 0 Å². The summed E-state index contributed by atoms with van der Waals surface area (Å²) in [5.41, 5.74) is 2.47. The van der Waals surface area contributed by atoms with Gasteiger partial charge in [0.05, 0.1) is 26.8 Å². The van der Waals surface area contributed by atoms with E-state index >= 15 is 0 Å². The number of nitrogens with zero attached hydrogens (tertiary/aromatic N) is 1. The van der Waals surface area contributed by atoms with E-state index in [-0.39, 0.29) is 40.3 Å². The van der Waals surface area contributed by atoms with Crippen molar-refractivity contribution in [3.8, 4) is 0 Å². The Morgan fingerprint density at radius 3 is 2.17 bits per heavy atom. The largest absolute Gasteiger partial charge is 0.550 e. The van der Waals surface area contributed by atoms with Gasteiger partial charge in [-0.15, -0.1) is 0 Å². The molecule has 0 radical (unpaired) electrons. The topological polar surface area (TPSA) is 80.6 Å². The Bertz CT molecular complexity index is 1270. The molecule has 5 nitrogen and oxygen atoms in total. The van der Waals surface area contributed by atoms with Gasteiger partial charge in [0.2, 0.25) is 0 Å². The van der Waals surface area contributed by atoms with Crippen LogP contribution in [0.4, 0.5) is 0 Å². The molecule has 46 heavy (non-hydrogen) atoms. The summed E-state index contributed by atoms with van der Waals surface area (Å²) in [7, 11) is 4.26. The number of hydrogen-bond acceptors (Lipinski definition) is 4. The zero-order valence-corrected chi connectivity index (χ0v) is 30.4. The van der Waals surface area contributed by atoms with Crippen LogP contribution in [0.1, 0.15) is 111 Å². The van der Waals surface area contributed by atoms with Gasteiger partial charge in [-0.25, -0.2) is 0 Å². The summed E-state index contributed by atoms with van der Waals surface area (Å²) in [6, 6.07) is 10.4. The number of carboxylic acid groups (broad SMARTS) is 1. The first-order valence-corrected chi connectivity index (χ1v) is 18.4. The number of rotatable bonds is 6. The second-order valence-corrected chi connectivity index (χ2v) is 18.5. The predicted octanol–water partition coefficient (Wildman–Crippen LogP) is 7.01. The molecule has 6 rings (SSSR count). The van der Waals surface area contributed by atoms with Crippen LogP contribution in [0.15, 0.2) is 42.5 Å². The van der Waals surface area contributed by atoms with E-state index in [0.717, 1.165) is 62.5 Å². The normalized spacial score (nSPS) is 42.7. The summed E-state index contributed by atoms with van der Waals surface area (Å²) >= 11 is 0. The molecule has 5 aliphatic carbocycles. The number of aliphatic hydroxyl groups is 2. The minimum Gasteiger partial charge on any atom is -0.550 e. The lowest BCUT2D eigenvalue weighted by atomic mass is 9.32. The minimum absolute atomic E-state index is 0.0285. The Kier molecular flexibility index (Phi) is 9.54. The van der Waals surface area contributed by atoms with E-state index < -0.39 is 11.4 Å². The zero-order chi connectivity index (χ0) is 33.9. The summed E-state index contributed by atoms with van der Waals surface area (Å²) in [5.74, 6) is 1.38. The van der Waals surface area contributed by atoms with Crippen molar-refractivity contribution >= 4 is 5.97 Å². The molecule has 0 aromatic heterocycles. The van der Waals surface area contributed by atoms with Crippen LogP contribution >= 0.6 is 0 Å². The second-order valence-electron chi connectivity index (χ2n) is 18.5. The maximum Gasteiger partial charge on any atom is 0.104 e. The van der Waals surface area contributed by atoms with Crippen molar-refractivity contribution in [3.05, 3.63) is 48.0 Å². The molecule has 1 aromatic rings. The highest BCUT2D eigenvalue weighted by Gasteiger charge is 2.71. The quantitative estimate of drug-likeness (QED) is 0.260. The highest BCUT2D eigenvalue weighted by Crippen LogP contribution is 2.77. The van der Waals surface area contributed by atoms with Crippen LogP contribution in [-0.2, 0) is 11.3 Å². The number of fused-ring (bicyclic) bond motifs is 7. The molecule has 5 heteroatoms. The number of aliphatic carboxylic acids is 1. The number of carboxylic acids is 1. The van der Waals surface area contributed by atoms with Crippen molar-refractivity contribution in [1.82, 2.24) is 0 Å². The molecule has 0 unspecified atom stereocenters. The summed E-state index contributed by atoms with van der Waals surface area (Å²) < 4.78 is 0.834. The van der Waals surface area contributed by atoms with Gasteiger partial charge in [-0.05, 0) is 122 Å². The summed E-state index contributed by atoms with van der Waals surface area (Å²) in [5, 5.41) is 32.4. The van der Waals surface area contributed by atoms with Crippen LogP contribution < -0.4 is 5.11 Å². The van der Waals surface area contributed by atoms with Crippen molar-refractivity contribution in [2.75, 3.05) is 27.2 Å². The van der Waals surface area contributed by atoms with Gasteiger partial charge in [-0.2, -0.15) is 0 Å². The van der Waals surface area contributed by atoms with Crippen LogP contribution in [-0.4, -0.2) is 54.0 Å². The van der Waals surface area contributed by atoms with Crippen molar-refractivity contribution in [2.45, 2.75) is 118 Å².